The highest BCUT2D eigenvalue weighted by Gasteiger charge is 2.57. The summed E-state index contributed by atoms with van der Waals surface area (Å²) in [6, 6.07) is 36.7. The van der Waals surface area contributed by atoms with Gasteiger partial charge in [-0.25, -0.2) is 28.2 Å². The first-order valence-electron chi connectivity index (χ1n) is 34.1. The van der Waals surface area contributed by atoms with Crippen molar-refractivity contribution in [3.8, 4) is 29.1 Å². The molecule has 3 aromatic heterocycles. The molecule has 13 atom stereocenters. The Morgan fingerprint density at radius 3 is 1.57 bits per heavy atom. The molecule has 4 N–H and O–H groups in total. The first-order chi connectivity index (χ1) is 51.1. The molecule has 11 rings (SSSR count). The van der Waals surface area contributed by atoms with Crippen LogP contribution in [-0.2, 0) is 56.3 Å². The van der Waals surface area contributed by atoms with Crippen molar-refractivity contribution in [2.24, 2.45) is 5.92 Å². The Bertz CT molecular complexity index is 4910. The molecule has 0 bridgehead atoms. The second-order valence-corrected chi connectivity index (χ2v) is 31.2. The number of H-pyrrole nitrogens is 3. The van der Waals surface area contributed by atoms with Gasteiger partial charge < -0.3 is 46.5 Å². The number of aromatic amines is 3. The van der Waals surface area contributed by atoms with Crippen molar-refractivity contribution in [3.63, 3.8) is 0 Å². The maximum atomic E-state index is 16.6. The lowest BCUT2D eigenvalue weighted by atomic mass is 9.79. The summed E-state index contributed by atoms with van der Waals surface area (Å²) in [5.41, 5.74) is -4.43. The van der Waals surface area contributed by atoms with E-state index in [0.29, 0.717) is 28.2 Å². The van der Waals surface area contributed by atoms with Gasteiger partial charge in [0.15, 0.2) is 0 Å². The number of halogens is 2. The smallest absolute Gasteiger partial charge is 0.497 e. The van der Waals surface area contributed by atoms with Crippen molar-refractivity contribution in [3.05, 3.63) is 252 Å². The van der Waals surface area contributed by atoms with E-state index >= 15 is 9.13 Å². The predicted octanol–water partition coefficient (Wildman–Crippen LogP) is 11.2. The number of nitrogens with zero attached hydrogens (tertiary/aromatic N) is 5. The van der Waals surface area contributed by atoms with Gasteiger partial charge in [-0.05, 0) is 114 Å². The maximum absolute atomic E-state index is 16.6. The number of phosphoric acid groups is 2. The van der Waals surface area contributed by atoms with Gasteiger partial charge in [0.1, 0.15) is 71.7 Å². The van der Waals surface area contributed by atoms with Crippen LogP contribution >= 0.6 is 47.4 Å². The number of para-hydroxylation sites is 2. The molecule has 5 aromatic carbocycles. The summed E-state index contributed by atoms with van der Waals surface area (Å²) in [6.07, 6.45) is -11.0. The van der Waals surface area contributed by atoms with Crippen LogP contribution < -0.4 is 52.3 Å². The zero-order chi connectivity index (χ0) is 76.6. The molecule has 35 heteroatoms. The van der Waals surface area contributed by atoms with Crippen LogP contribution in [0.4, 0.5) is 0 Å². The van der Waals surface area contributed by atoms with Gasteiger partial charge in [-0.15, -0.1) is 0 Å². The molecule has 0 aliphatic carbocycles. The second kappa shape index (κ2) is 34.6. The number of aryl methyl sites for hydroxylation is 3. The molecule has 3 saturated heterocycles. The summed E-state index contributed by atoms with van der Waals surface area (Å²) >= 11 is 13.4. The number of ether oxygens (including phenoxy) is 6. The Kier molecular flexibility index (Phi) is 25.8. The van der Waals surface area contributed by atoms with Crippen LogP contribution in [0.2, 0.25) is 10.0 Å². The highest BCUT2D eigenvalue weighted by Crippen LogP contribution is 2.59. The third-order valence-corrected chi connectivity index (χ3v) is 23.4. The Morgan fingerprint density at radius 1 is 0.617 bits per heavy atom. The summed E-state index contributed by atoms with van der Waals surface area (Å²) < 4.78 is 122. The van der Waals surface area contributed by atoms with Crippen molar-refractivity contribution in [2.75, 3.05) is 34.0 Å². The number of hydrogen-bond acceptors (Lipinski definition) is 23. The first kappa shape index (κ1) is 79.9. The van der Waals surface area contributed by atoms with Crippen molar-refractivity contribution >= 4 is 47.4 Å². The number of phosphoric ester groups is 2. The maximum Gasteiger partial charge on any atom is 0.530 e. The van der Waals surface area contributed by atoms with Gasteiger partial charge in [-0.3, -0.25) is 61.5 Å². The summed E-state index contributed by atoms with van der Waals surface area (Å²) in [5.74, 6) is -0.963. The summed E-state index contributed by atoms with van der Waals surface area (Å²) in [6.45, 7) is 10.8. The topological polar surface area (TPSA) is 366 Å². The standard InChI is InChI=1S/C72H81Cl2N8O22P3/c1-42(2)82(43(3)4)105(95-33-17-32-75)100-57-35-62(80-38-45(6)67(84)77-70(80)87)98-60(57)41-96-107(91,102-56-23-16-14-21-54(56)74)103-58-36-63(81-39-46(7)68(85)78-71(81)88)99-65(58)64(104-106(89,90)101-55-22-15-13-20-53(55)73)52-34-61(79-37-44(5)66(83)76-69(79)86)97-59(52)40-94-72(47-18-11-10-12-19-47,48-24-28-50(92-8)29-25-48)49-26-30-51(93-9)31-27-49/h10-16,18-31,37-39,42-43,52,57-65H,17,33-36,40-41H2,1-9H3,(H,89,90)(H,76,83,86)(H,77,84,87)(H,78,85,88)/t52-,57-,58-,59-,60+,61+,62+,63+,64?,65+,105?,107?/m0/s1. The number of nitriles is 1. The average molecular weight is 1570 g/mol. The third-order valence-electron chi connectivity index (χ3n) is 18.2. The fraction of sp³-hybridized carbons (Fsp3) is 0.403. The molecule has 0 saturated carbocycles. The summed E-state index contributed by atoms with van der Waals surface area (Å²) in [7, 11) is -10.1. The van der Waals surface area contributed by atoms with E-state index in [9.17, 15) is 38.9 Å². The molecule has 107 heavy (non-hydrogen) atoms. The number of rotatable bonds is 32. The molecule has 3 fully saturated rings. The van der Waals surface area contributed by atoms with Gasteiger partial charge in [-0.1, -0.05) is 102 Å². The zero-order valence-electron chi connectivity index (χ0n) is 59.6. The van der Waals surface area contributed by atoms with Gasteiger partial charge >= 0.3 is 32.7 Å². The number of nitrogens with one attached hydrogen (secondary N) is 3. The van der Waals surface area contributed by atoms with Crippen molar-refractivity contribution in [1.29, 1.82) is 5.26 Å². The first-order valence-corrected chi connectivity index (χ1v) is 38.9. The monoisotopic (exact) mass is 1570 g/mol. The highest BCUT2D eigenvalue weighted by molar-refractivity contribution is 7.49. The van der Waals surface area contributed by atoms with Gasteiger partial charge in [0.05, 0.1) is 68.8 Å². The van der Waals surface area contributed by atoms with Crippen LogP contribution in [-0.4, -0.2) is 121 Å². The SMILES string of the molecule is COc1ccc(C(OC[C@@H]2O[C@@H](n3cc(C)c(=O)[nH]c3=O)C[C@@H]2C(OP(=O)(O)Oc2ccccc2Cl)[C@@H]2O[C@@H](n3cc(C)c(=O)[nH]c3=O)C[C@@H]2OP(=O)(OC[C@H]2O[C@@H](n3cc(C)c(=O)[nH]c3=O)C[C@@H]2OP(OCCC#N)N(C(C)C)C(C)C)Oc2ccccc2Cl)(c2ccccc2)c2ccc(OC)cc2)cc1. The largest absolute Gasteiger partial charge is 0.530 e. The lowest BCUT2D eigenvalue weighted by Crippen LogP contribution is -2.47. The Hall–Kier alpha value is -8.14. The molecule has 3 aliphatic rings. The van der Waals surface area contributed by atoms with Gasteiger partial charge in [0.2, 0.25) is 0 Å². The Morgan fingerprint density at radius 2 is 1.07 bits per heavy atom. The molecule has 0 spiro atoms. The summed E-state index contributed by atoms with van der Waals surface area (Å²) in [5, 5.41) is 9.40. The van der Waals surface area contributed by atoms with E-state index in [-0.39, 0.29) is 76.2 Å². The van der Waals surface area contributed by atoms with Crippen molar-refractivity contribution < 1.29 is 74.1 Å². The molecular weight excluding hydrogens is 1490 g/mol. The number of benzene rings is 5. The molecule has 0 amide bonds. The third kappa shape index (κ3) is 18.4. The molecule has 6 heterocycles. The van der Waals surface area contributed by atoms with E-state index in [0.717, 1.165) is 13.7 Å². The second-order valence-electron chi connectivity index (χ2n) is 26.1. The predicted molar refractivity (Wildman–Crippen MR) is 393 cm³/mol. The van der Waals surface area contributed by atoms with Crippen LogP contribution in [0.5, 0.6) is 23.0 Å². The number of hydrogen-bond donors (Lipinski definition) is 4. The molecule has 3 aliphatic heterocycles. The quantitative estimate of drug-likeness (QED) is 0.0173. The average Bonchev–Trinajstić information content (AvgIpc) is 1.74. The molecule has 0 radical (unpaired) electrons. The van der Waals surface area contributed by atoms with E-state index in [1.807, 2.05) is 87.0 Å². The Balaban J connectivity index is 1.08. The fourth-order valence-corrected chi connectivity index (χ4v) is 17.8. The van der Waals surface area contributed by atoms with Crippen LogP contribution in [0.3, 0.4) is 0 Å². The molecule has 570 valence electrons. The minimum Gasteiger partial charge on any atom is -0.497 e. The molecule has 8 aromatic rings. The highest BCUT2D eigenvalue weighted by atomic mass is 35.5. The lowest BCUT2D eigenvalue weighted by molar-refractivity contribution is -0.124. The van der Waals surface area contributed by atoms with E-state index < -0.39 is 144 Å². The van der Waals surface area contributed by atoms with Crippen LogP contribution in [0.15, 0.2) is 175 Å². The normalized spacial score (nSPS) is 21.9. The fourth-order valence-electron chi connectivity index (χ4n) is 13.1. The van der Waals surface area contributed by atoms with Crippen molar-refractivity contribution in [2.45, 2.75) is 147 Å². The van der Waals surface area contributed by atoms with E-state index in [1.54, 1.807) is 36.4 Å². The van der Waals surface area contributed by atoms with Crippen LogP contribution in [0.25, 0.3) is 0 Å². The van der Waals surface area contributed by atoms with Gasteiger partial charge in [0.25, 0.3) is 25.2 Å². The zero-order valence-corrected chi connectivity index (χ0v) is 63.8. The minimum absolute atomic E-state index is 0.00440. The van der Waals surface area contributed by atoms with E-state index in [2.05, 4.69) is 21.0 Å². The lowest BCUT2D eigenvalue weighted by Gasteiger charge is -2.39. The summed E-state index contributed by atoms with van der Waals surface area (Å²) in [4.78, 5) is 100. The number of methoxy groups -OCH3 is 2. The van der Waals surface area contributed by atoms with Gasteiger partial charge in [0, 0.05) is 72.5 Å². The van der Waals surface area contributed by atoms with E-state index in [4.69, 9.17) is 83.3 Å². The Labute approximate surface area is 625 Å². The molecule has 30 nitrogen and oxygen atoms in total. The van der Waals surface area contributed by atoms with E-state index in [1.165, 1.54) is 90.0 Å². The molecular formula is C72H81Cl2N8O22P3. The minimum atomic E-state index is -5.65. The van der Waals surface area contributed by atoms with Crippen LogP contribution in [0.1, 0.15) is 105 Å². The molecule has 4 unspecified atom stereocenters. The van der Waals surface area contributed by atoms with Crippen molar-refractivity contribution in [1.82, 2.24) is 33.3 Å². The van der Waals surface area contributed by atoms with Gasteiger partial charge in [-0.2, -0.15) is 5.26 Å². The number of aromatic nitrogens is 6. The van der Waals surface area contributed by atoms with Crippen LogP contribution in [0, 0.1) is 38.0 Å².